The van der Waals surface area contributed by atoms with Gasteiger partial charge >= 0.3 is 0 Å². The summed E-state index contributed by atoms with van der Waals surface area (Å²) < 4.78 is 0. The van der Waals surface area contributed by atoms with Crippen molar-refractivity contribution in [2.24, 2.45) is 0 Å². The lowest BCUT2D eigenvalue weighted by molar-refractivity contribution is -0.116. The summed E-state index contributed by atoms with van der Waals surface area (Å²) in [5.74, 6) is -0.550. The van der Waals surface area contributed by atoms with E-state index < -0.39 is 0 Å². The molecular formula is C21H20N4O3S. The minimum Gasteiger partial charge on any atom is -0.326 e. The maximum Gasteiger partial charge on any atom is 0.257 e. The first kappa shape index (κ1) is 20.2. The minimum absolute atomic E-state index is 0.114. The highest BCUT2D eigenvalue weighted by Gasteiger charge is 2.11. The number of anilines is 3. The molecule has 0 atom stereocenters. The van der Waals surface area contributed by atoms with Crippen molar-refractivity contribution in [1.82, 2.24) is 4.98 Å². The fourth-order valence-electron chi connectivity index (χ4n) is 2.55. The molecule has 0 fully saturated rings. The van der Waals surface area contributed by atoms with Crippen LogP contribution < -0.4 is 16.0 Å². The molecule has 0 aliphatic heterocycles. The average molecular weight is 408 g/mol. The second kappa shape index (κ2) is 9.11. The zero-order valence-electron chi connectivity index (χ0n) is 16.0. The van der Waals surface area contributed by atoms with Gasteiger partial charge in [0, 0.05) is 41.2 Å². The fraction of sp³-hybridized carbons (Fsp3) is 0.143. The first-order valence-electron chi connectivity index (χ1n) is 8.99. The number of nitrogens with one attached hydrogen (secondary N) is 3. The number of carbonyl (C=O) groups excluding carboxylic acids is 3. The Morgan fingerprint density at radius 1 is 0.966 bits per heavy atom. The molecule has 0 aliphatic carbocycles. The van der Waals surface area contributed by atoms with Gasteiger partial charge in [0.2, 0.25) is 11.8 Å². The van der Waals surface area contributed by atoms with E-state index in [1.807, 2.05) is 17.5 Å². The standard InChI is InChI=1S/C21H20N4O3S/c1-3-19(27)23-17-6-4-5-15(11-17)20(28)25-21-24-18(12-29-21)14-7-9-16(10-8-14)22-13(2)26/h4-12H,3H2,1-2H3,(H,22,26)(H,23,27)(H,24,25,28). The molecule has 0 saturated carbocycles. The van der Waals surface area contributed by atoms with Crippen LogP contribution in [-0.4, -0.2) is 22.7 Å². The normalized spacial score (nSPS) is 10.3. The molecule has 0 radical (unpaired) electrons. The summed E-state index contributed by atoms with van der Waals surface area (Å²) in [5.41, 5.74) is 3.31. The number of hydrogen-bond acceptors (Lipinski definition) is 5. The van der Waals surface area contributed by atoms with Crippen molar-refractivity contribution in [2.75, 3.05) is 16.0 Å². The summed E-state index contributed by atoms with van der Waals surface area (Å²) in [6, 6.07) is 14.0. The zero-order valence-corrected chi connectivity index (χ0v) is 16.8. The summed E-state index contributed by atoms with van der Waals surface area (Å²) in [4.78, 5) is 39.6. The van der Waals surface area contributed by atoms with E-state index in [4.69, 9.17) is 0 Å². The Kier molecular flexibility index (Phi) is 6.36. The van der Waals surface area contributed by atoms with Gasteiger partial charge in [-0.15, -0.1) is 11.3 Å². The Morgan fingerprint density at radius 2 is 1.72 bits per heavy atom. The Bertz CT molecular complexity index is 1040. The van der Waals surface area contributed by atoms with Crippen LogP contribution in [0.1, 0.15) is 30.6 Å². The van der Waals surface area contributed by atoms with Crippen molar-refractivity contribution in [2.45, 2.75) is 20.3 Å². The van der Waals surface area contributed by atoms with Gasteiger partial charge in [-0.25, -0.2) is 4.98 Å². The summed E-state index contributed by atoms with van der Waals surface area (Å²) >= 11 is 1.32. The molecule has 3 amide bonds. The van der Waals surface area contributed by atoms with E-state index in [9.17, 15) is 14.4 Å². The molecular weight excluding hydrogens is 388 g/mol. The predicted molar refractivity (Wildman–Crippen MR) is 115 cm³/mol. The third-order valence-corrected chi connectivity index (χ3v) is 4.71. The number of benzene rings is 2. The predicted octanol–water partition coefficient (Wildman–Crippen LogP) is 4.37. The maximum atomic E-state index is 12.5. The van der Waals surface area contributed by atoms with E-state index in [1.165, 1.54) is 18.3 Å². The van der Waals surface area contributed by atoms with E-state index >= 15 is 0 Å². The summed E-state index contributed by atoms with van der Waals surface area (Å²) in [5, 5.41) is 10.5. The number of aromatic nitrogens is 1. The van der Waals surface area contributed by atoms with Crippen LogP contribution in [-0.2, 0) is 9.59 Å². The van der Waals surface area contributed by atoms with Crippen molar-refractivity contribution in [3.05, 3.63) is 59.5 Å². The SMILES string of the molecule is CCC(=O)Nc1cccc(C(=O)Nc2nc(-c3ccc(NC(C)=O)cc3)cs2)c1. The second-order valence-electron chi connectivity index (χ2n) is 6.23. The molecule has 0 spiro atoms. The molecule has 0 saturated heterocycles. The number of rotatable bonds is 6. The molecule has 3 rings (SSSR count). The molecule has 3 N–H and O–H groups in total. The van der Waals surface area contributed by atoms with Gasteiger partial charge in [0.15, 0.2) is 5.13 Å². The smallest absolute Gasteiger partial charge is 0.257 e. The molecule has 1 heterocycles. The first-order chi connectivity index (χ1) is 13.9. The average Bonchev–Trinajstić information content (AvgIpc) is 3.16. The number of thiazole rings is 1. The van der Waals surface area contributed by atoms with Gasteiger partial charge in [-0.05, 0) is 30.3 Å². The number of hydrogen-bond donors (Lipinski definition) is 3. The Morgan fingerprint density at radius 3 is 2.41 bits per heavy atom. The van der Waals surface area contributed by atoms with Gasteiger partial charge < -0.3 is 10.6 Å². The molecule has 1 aromatic heterocycles. The van der Waals surface area contributed by atoms with Gasteiger partial charge in [0.25, 0.3) is 5.91 Å². The monoisotopic (exact) mass is 408 g/mol. The number of carbonyl (C=O) groups is 3. The Balaban J connectivity index is 1.68. The van der Waals surface area contributed by atoms with Gasteiger partial charge in [0.05, 0.1) is 5.69 Å². The summed E-state index contributed by atoms with van der Waals surface area (Å²) in [7, 11) is 0. The molecule has 3 aromatic rings. The van der Waals surface area contributed by atoms with E-state index in [1.54, 1.807) is 43.3 Å². The van der Waals surface area contributed by atoms with E-state index in [-0.39, 0.29) is 17.7 Å². The lowest BCUT2D eigenvalue weighted by Gasteiger charge is -2.06. The lowest BCUT2D eigenvalue weighted by atomic mass is 10.1. The van der Waals surface area contributed by atoms with Crippen LogP contribution in [0.3, 0.4) is 0 Å². The van der Waals surface area contributed by atoms with Crippen molar-refractivity contribution < 1.29 is 14.4 Å². The van der Waals surface area contributed by atoms with Gasteiger partial charge in [-0.3, -0.25) is 19.7 Å². The largest absolute Gasteiger partial charge is 0.326 e. The van der Waals surface area contributed by atoms with Crippen LogP contribution in [0.4, 0.5) is 16.5 Å². The third kappa shape index (κ3) is 5.49. The summed E-state index contributed by atoms with van der Waals surface area (Å²) in [6.07, 6.45) is 0.365. The molecule has 8 heteroatoms. The Labute approximate surface area is 172 Å². The van der Waals surface area contributed by atoms with Crippen LogP contribution in [0.2, 0.25) is 0 Å². The Hall–Kier alpha value is -3.52. The second-order valence-corrected chi connectivity index (χ2v) is 7.09. The molecule has 7 nitrogen and oxygen atoms in total. The highest BCUT2D eigenvalue weighted by molar-refractivity contribution is 7.14. The quantitative estimate of drug-likeness (QED) is 0.564. The van der Waals surface area contributed by atoms with Crippen molar-refractivity contribution in [3.63, 3.8) is 0 Å². The molecule has 148 valence electrons. The van der Waals surface area contributed by atoms with E-state index in [0.717, 1.165) is 11.3 Å². The van der Waals surface area contributed by atoms with Gasteiger partial charge in [-0.2, -0.15) is 0 Å². The molecule has 29 heavy (non-hydrogen) atoms. The van der Waals surface area contributed by atoms with Crippen LogP contribution in [0.15, 0.2) is 53.9 Å². The highest BCUT2D eigenvalue weighted by atomic mass is 32.1. The van der Waals surface area contributed by atoms with Crippen LogP contribution in [0.25, 0.3) is 11.3 Å². The van der Waals surface area contributed by atoms with Crippen molar-refractivity contribution in [3.8, 4) is 11.3 Å². The maximum absolute atomic E-state index is 12.5. The number of nitrogens with zero attached hydrogens (tertiary/aromatic N) is 1. The van der Waals surface area contributed by atoms with Crippen LogP contribution in [0.5, 0.6) is 0 Å². The molecule has 0 bridgehead atoms. The molecule has 2 aromatic carbocycles. The van der Waals surface area contributed by atoms with Crippen molar-refractivity contribution >= 4 is 45.6 Å². The van der Waals surface area contributed by atoms with E-state index in [2.05, 4.69) is 20.9 Å². The van der Waals surface area contributed by atoms with Gasteiger partial charge in [0.1, 0.15) is 0 Å². The van der Waals surface area contributed by atoms with E-state index in [0.29, 0.717) is 28.5 Å². The van der Waals surface area contributed by atoms with Crippen molar-refractivity contribution in [1.29, 1.82) is 0 Å². The third-order valence-electron chi connectivity index (χ3n) is 3.96. The highest BCUT2D eigenvalue weighted by Crippen LogP contribution is 2.26. The minimum atomic E-state index is -0.306. The van der Waals surface area contributed by atoms with Crippen LogP contribution in [0, 0.1) is 0 Å². The fourth-order valence-corrected chi connectivity index (χ4v) is 3.26. The molecule has 0 unspecified atom stereocenters. The summed E-state index contributed by atoms with van der Waals surface area (Å²) in [6.45, 7) is 3.22. The van der Waals surface area contributed by atoms with Gasteiger partial charge in [-0.1, -0.05) is 25.1 Å². The number of amides is 3. The zero-order chi connectivity index (χ0) is 20.8. The topological polar surface area (TPSA) is 100 Å². The first-order valence-corrected chi connectivity index (χ1v) is 9.87. The van der Waals surface area contributed by atoms with Crippen LogP contribution >= 0.6 is 11.3 Å². The lowest BCUT2D eigenvalue weighted by Crippen LogP contribution is -2.13. The molecule has 0 aliphatic rings.